The van der Waals surface area contributed by atoms with Gasteiger partial charge in [-0.05, 0) is 104 Å². The van der Waals surface area contributed by atoms with Crippen LogP contribution in [0.5, 0.6) is 5.75 Å². The summed E-state index contributed by atoms with van der Waals surface area (Å²) in [6.45, 7) is 4.71. The van der Waals surface area contributed by atoms with E-state index in [1.807, 2.05) is 0 Å². The first kappa shape index (κ1) is 31.8. The summed E-state index contributed by atoms with van der Waals surface area (Å²) < 4.78 is 7.05. The molecule has 1 aliphatic heterocycles. The second-order valence-electron chi connectivity index (χ2n) is 15.6. The largest absolute Gasteiger partial charge is 0.457 e. The normalized spacial score (nSPS) is 16.1. The highest BCUT2D eigenvalue weighted by Crippen LogP contribution is 2.61. The van der Waals surface area contributed by atoms with Crippen LogP contribution in [-0.4, -0.2) is 0 Å². The van der Waals surface area contributed by atoms with Gasteiger partial charge in [0.2, 0.25) is 0 Å². The lowest BCUT2D eigenvalue weighted by Crippen LogP contribution is -2.34. The molecular formula is C53H39NO. The monoisotopic (exact) mass is 705 g/mol. The molecule has 0 aromatic heterocycles. The molecule has 0 saturated heterocycles. The molecule has 2 heteroatoms. The third-order valence-corrected chi connectivity index (χ3v) is 12.4. The first-order valence-electron chi connectivity index (χ1n) is 19.3. The van der Waals surface area contributed by atoms with Crippen LogP contribution in [0.15, 0.2) is 205 Å². The Morgan fingerprint density at radius 1 is 0.491 bits per heavy atom. The molecule has 55 heavy (non-hydrogen) atoms. The maximum atomic E-state index is 7.05. The van der Waals surface area contributed by atoms with E-state index in [9.17, 15) is 0 Å². The number of hydrogen-bond donors (Lipinski definition) is 0. The lowest BCUT2D eigenvalue weighted by molar-refractivity contribution is 0.395. The van der Waals surface area contributed by atoms with Crippen LogP contribution >= 0.6 is 0 Å². The predicted molar refractivity (Wildman–Crippen MR) is 226 cm³/mol. The van der Waals surface area contributed by atoms with E-state index >= 15 is 0 Å². The maximum Gasteiger partial charge on any atom is 0.132 e. The molecule has 0 bridgehead atoms. The molecule has 1 spiro atoms. The van der Waals surface area contributed by atoms with Crippen LogP contribution in [-0.2, 0) is 10.8 Å². The Balaban J connectivity index is 1.13. The van der Waals surface area contributed by atoms with E-state index in [0.717, 1.165) is 35.0 Å². The summed E-state index contributed by atoms with van der Waals surface area (Å²) in [6.07, 6.45) is 7.68. The van der Waals surface area contributed by atoms with Gasteiger partial charge in [0, 0.05) is 34.1 Å². The van der Waals surface area contributed by atoms with Crippen LogP contribution in [0.4, 0.5) is 11.4 Å². The Morgan fingerprint density at radius 2 is 1.04 bits per heavy atom. The fraction of sp³-hybridized carbons (Fsp3) is 0.0943. The molecule has 2 nitrogen and oxygen atoms in total. The molecule has 4 aliphatic rings. The summed E-state index contributed by atoms with van der Waals surface area (Å²) in [5.41, 5.74) is 18.1. The van der Waals surface area contributed by atoms with Crippen molar-refractivity contribution in [2.45, 2.75) is 31.1 Å². The Kier molecular flexibility index (Phi) is 6.91. The molecule has 0 saturated carbocycles. The molecule has 262 valence electrons. The zero-order valence-electron chi connectivity index (χ0n) is 31.0. The van der Waals surface area contributed by atoms with E-state index in [1.165, 1.54) is 66.8 Å². The Hall–Kier alpha value is -6.64. The van der Waals surface area contributed by atoms with E-state index in [0.29, 0.717) is 0 Å². The highest BCUT2D eigenvalue weighted by Gasteiger charge is 2.51. The molecule has 0 atom stereocenters. The van der Waals surface area contributed by atoms with Crippen molar-refractivity contribution in [2.75, 3.05) is 4.90 Å². The fourth-order valence-corrected chi connectivity index (χ4v) is 9.94. The van der Waals surface area contributed by atoms with Crippen molar-refractivity contribution < 1.29 is 4.74 Å². The van der Waals surface area contributed by atoms with Crippen molar-refractivity contribution in [3.8, 4) is 39.1 Å². The molecule has 0 N–H and O–H groups in total. The van der Waals surface area contributed by atoms with E-state index in [2.05, 4.69) is 207 Å². The number of para-hydroxylation sites is 1. The lowest BCUT2D eigenvalue weighted by Gasteiger charge is -2.40. The minimum Gasteiger partial charge on any atom is -0.457 e. The van der Waals surface area contributed by atoms with Crippen molar-refractivity contribution >= 4 is 11.4 Å². The highest BCUT2D eigenvalue weighted by molar-refractivity contribution is 5.88. The van der Waals surface area contributed by atoms with Crippen LogP contribution in [0.3, 0.4) is 0 Å². The van der Waals surface area contributed by atoms with Crippen molar-refractivity contribution in [3.63, 3.8) is 0 Å². The third kappa shape index (κ3) is 4.55. The minimum atomic E-state index is -0.473. The van der Waals surface area contributed by atoms with Crippen molar-refractivity contribution in [1.29, 1.82) is 0 Å². The predicted octanol–water partition coefficient (Wildman–Crippen LogP) is 13.3. The SMILES string of the molecule is CC1(C)c2ccccc2-c2ccc(N(C3=CC4=C(CC=C3)C3(c5ccccc5O4)c4ccccc4-c4ccccc43)c3ccc(-c4ccccc4)cc3)cc21. The average molecular weight is 706 g/mol. The van der Waals surface area contributed by atoms with Gasteiger partial charge < -0.3 is 9.64 Å². The number of allylic oxidation sites excluding steroid dienone is 4. The van der Waals surface area contributed by atoms with Gasteiger partial charge in [0.15, 0.2) is 0 Å². The lowest BCUT2D eigenvalue weighted by atomic mass is 9.65. The van der Waals surface area contributed by atoms with E-state index in [4.69, 9.17) is 4.74 Å². The van der Waals surface area contributed by atoms with Gasteiger partial charge in [-0.2, -0.15) is 0 Å². The van der Waals surface area contributed by atoms with Crippen molar-refractivity contribution in [2.24, 2.45) is 0 Å². The smallest absolute Gasteiger partial charge is 0.132 e. The first-order valence-corrected chi connectivity index (χ1v) is 19.3. The molecule has 3 aliphatic carbocycles. The van der Waals surface area contributed by atoms with Crippen LogP contribution in [0.2, 0.25) is 0 Å². The third-order valence-electron chi connectivity index (χ3n) is 12.4. The number of anilines is 2. The molecule has 7 aromatic carbocycles. The molecule has 0 fully saturated rings. The zero-order valence-corrected chi connectivity index (χ0v) is 31.0. The molecule has 11 rings (SSSR count). The summed E-state index contributed by atoms with van der Waals surface area (Å²) >= 11 is 0. The van der Waals surface area contributed by atoms with Crippen LogP contribution in [0.25, 0.3) is 33.4 Å². The molecule has 7 aromatic rings. The van der Waals surface area contributed by atoms with Gasteiger partial charge in [0.25, 0.3) is 0 Å². The quantitative estimate of drug-likeness (QED) is 0.181. The van der Waals surface area contributed by atoms with Gasteiger partial charge in [0.1, 0.15) is 11.5 Å². The summed E-state index contributed by atoms with van der Waals surface area (Å²) in [5.74, 6) is 1.81. The maximum absolute atomic E-state index is 7.05. The van der Waals surface area contributed by atoms with Crippen LogP contribution in [0.1, 0.15) is 48.1 Å². The second kappa shape index (κ2) is 11.9. The van der Waals surface area contributed by atoms with Crippen LogP contribution < -0.4 is 9.64 Å². The summed E-state index contributed by atoms with van der Waals surface area (Å²) in [5, 5.41) is 0. The molecule has 1 heterocycles. The standard InChI is InChI=1S/C53H39NO/c1-52(2)44-21-9-6-18-40(44)43-32-31-39(33-49(43)52)54(37-29-27-36(28-30-37)35-15-4-3-5-16-35)38-17-14-25-48-51(34-38)55-50-26-13-12-24-47(50)53(48)45-22-10-7-19-41(45)42-20-8-11-23-46(42)53/h3-24,26-34H,25H2,1-2H3. The number of hydrogen-bond acceptors (Lipinski definition) is 2. The van der Waals surface area contributed by atoms with Crippen molar-refractivity contribution in [3.05, 3.63) is 233 Å². The highest BCUT2D eigenvalue weighted by atomic mass is 16.5. The summed E-state index contributed by atoms with van der Waals surface area (Å²) in [4.78, 5) is 2.41. The van der Waals surface area contributed by atoms with E-state index < -0.39 is 5.41 Å². The molecule has 0 unspecified atom stereocenters. The molecule has 0 amide bonds. The second-order valence-corrected chi connectivity index (χ2v) is 15.6. The number of benzene rings is 7. The molecule has 0 radical (unpaired) electrons. The van der Waals surface area contributed by atoms with Crippen LogP contribution in [0, 0.1) is 0 Å². The Bertz CT molecular complexity index is 2740. The number of rotatable bonds is 4. The van der Waals surface area contributed by atoms with Gasteiger partial charge >= 0.3 is 0 Å². The zero-order chi connectivity index (χ0) is 36.7. The average Bonchev–Trinajstić information content (AvgIpc) is 3.53. The molecular weight excluding hydrogens is 667 g/mol. The fourth-order valence-electron chi connectivity index (χ4n) is 9.94. The van der Waals surface area contributed by atoms with E-state index in [-0.39, 0.29) is 5.41 Å². The first-order chi connectivity index (χ1) is 27.0. The number of ether oxygens (including phenoxy) is 1. The summed E-state index contributed by atoms with van der Waals surface area (Å²) in [7, 11) is 0. The van der Waals surface area contributed by atoms with Gasteiger partial charge in [-0.1, -0.05) is 159 Å². The summed E-state index contributed by atoms with van der Waals surface area (Å²) in [6, 6.07) is 62.1. The van der Waals surface area contributed by atoms with Gasteiger partial charge in [0.05, 0.1) is 5.41 Å². The topological polar surface area (TPSA) is 12.5 Å². The minimum absolute atomic E-state index is 0.125. The number of nitrogens with zero attached hydrogens (tertiary/aromatic N) is 1. The van der Waals surface area contributed by atoms with Gasteiger partial charge in [-0.15, -0.1) is 0 Å². The number of fused-ring (bicyclic) bond motifs is 11. The Labute approximate surface area is 323 Å². The van der Waals surface area contributed by atoms with Crippen molar-refractivity contribution in [1.82, 2.24) is 0 Å². The van der Waals surface area contributed by atoms with Gasteiger partial charge in [-0.25, -0.2) is 0 Å². The van der Waals surface area contributed by atoms with Gasteiger partial charge in [-0.3, -0.25) is 0 Å². The Morgan fingerprint density at radius 3 is 1.75 bits per heavy atom. The van der Waals surface area contributed by atoms with E-state index in [1.54, 1.807) is 0 Å².